The minimum Gasteiger partial charge on any atom is -0.260 e. The smallest absolute Gasteiger partial charge is 0.168 e. The summed E-state index contributed by atoms with van der Waals surface area (Å²) in [7, 11) is 0. The first kappa shape index (κ1) is 12.3. The summed E-state index contributed by atoms with van der Waals surface area (Å²) in [6.45, 7) is 1.92. The number of hydrogen-bond donors (Lipinski definition) is 1. The van der Waals surface area contributed by atoms with Crippen molar-refractivity contribution in [2.24, 2.45) is 5.10 Å². The molecule has 0 aliphatic heterocycles. The molecule has 0 amide bonds. The molecule has 0 aliphatic carbocycles. The van der Waals surface area contributed by atoms with Gasteiger partial charge >= 0.3 is 0 Å². The lowest BCUT2D eigenvalue weighted by Gasteiger charge is -2.05. The highest BCUT2D eigenvalue weighted by atomic mass is 15.3. The van der Waals surface area contributed by atoms with Crippen LogP contribution in [0, 0.1) is 6.92 Å². The van der Waals surface area contributed by atoms with Crippen LogP contribution in [0.3, 0.4) is 0 Å². The van der Waals surface area contributed by atoms with Gasteiger partial charge in [0.25, 0.3) is 0 Å². The number of rotatable bonds is 3. The maximum Gasteiger partial charge on any atom is 0.168 e. The molecule has 1 aromatic heterocycles. The van der Waals surface area contributed by atoms with E-state index in [-0.39, 0.29) is 0 Å². The standard InChI is InChI=1S/C16H14N4/c1-12-16(19-15-10-6-5-9-14(15)18-12)20-17-11-13-7-3-2-4-8-13/h2-11H,1H3,(H,19,20)/b17-11+. The van der Waals surface area contributed by atoms with E-state index in [1.807, 2.05) is 61.5 Å². The van der Waals surface area contributed by atoms with Crippen molar-refractivity contribution in [1.29, 1.82) is 0 Å². The Morgan fingerprint density at radius 3 is 2.30 bits per heavy atom. The van der Waals surface area contributed by atoms with Crippen LogP contribution in [0.1, 0.15) is 11.3 Å². The fourth-order valence-electron chi connectivity index (χ4n) is 1.90. The predicted octanol–water partition coefficient (Wildman–Crippen LogP) is 3.38. The summed E-state index contributed by atoms with van der Waals surface area (Å²) >= 11 is 0. The number of nitrogens with zero attached hydrogens (tertiary/aromatic N) is 3. The van der Waals surface area contributed by atoms with E-state index in [1.54, 1.807) is 6.21 Å². The Balaban J connectivity index is 1.84. The highest BCUT2D eigenvalue weighted by Crippen LogP contribution is 2.15. The second kappa shape index (κ2) is 5.48. The van der Waals surface area contributed by atoms with E-state index in [9.17, 15) is 0 Å². The minimum absolute atomic E-state index is 0.677. The number of hydrogen-bond acceptors (Lipinski definition) is 4. The molecule has 4 nitrogen and oxygen atoms in total. The normalized spacial score (nSPS) is 11.1. The molecule has 0 unspecified atom stereocenters. The van der Waals surface area contributed by atoms with Crippen LogP contribution in [0.2, 0.25) is 0 Å². The van der Waals surface area contributed by atoms with Gasteiger partial charge in [-0.15, -0.1) is 0 Å². The summed E-state index contributed by atoms with van der Waals surface area (Å²) in [5.41, 5.74) is 6.56. The van der Waals surface area contributed by atoms with Gasteiger partial charge in [-0.1, -0.05) is 42.5 Å². The average molecular weight is 262 g/mol. The van der Waals surface area contributed by atoms with Crippen molar-refractivity contribution in [2.45, 2.75) is 6.92 Å². The van der Waals surface area contributed by atoms with Gasteiger partial charge in [0, 0.05) is 0 Å². The molecular weight excluding hydrogens is 248 g/mol. The Morgan fingerprint density at radius 1 is 0.900 bits per heavy atom. The summed E-state index contributed by atoms with van der Waals surface area (Å²) in [6.07, 6.45) is 1.76. The van der Waals surface area contributed by atoms with Gasteiger partial charge in [0.05, 0.1) is 22.9 Å². The van der Waals surface area contributed by atoms with E-state index in [0.29, 0.717) is 5.82 Å². The molecule has 0 fully saturated rings. The molecule has 3 rings (SSSR count). The Hall–Kier alpha value is -2.75. The van der Waals surface area contributed by atoms with Crippen molar-refractivity contribution in [2.75, 3.05) is 5.43 Å². The molecule has 0 aliphatic rings. The molecule has 4 heteroatoms. The van der Waals surface area contributed by atoms with Crippen LogP contribution < -0.4 is 5.43 Å². The molecule has 1 heterocycles. The van der Waals surface area contributed by atoms with E-state index in [4.69, 9.17) is 0 Å². The number of hydrazone groups is 1. The topological polar surface area (TPSA) is 50.2 Å². The second-order valence-corrected chi connectivity index (χ2v) is 4.43. The second-order valence-electron chi connectivity index (χ2n) is 4.43. The molecule has 0 bridgehead atoms. The number of nitrogens with one attached hydrogen (secondary N) is 1. The van der Waals surface area contributed by atoms with E-state index in [0.717, 1.165) is 22.3 Å². The first-order chi connectivity index (χ1) is 9.83. The molecule has 20 heavy (non-hydrogen) atoms. The Kier molecular flexibility index (Phi) is 3.37. The van der Waals surface area contributed by atoms with Gasteiger partial charge in [-0.3, -0.25) is 5.43 Å². The van der Waals surface area contributed by atoms with Crippen LogP contribution in [-0.2, 0) is 0 Å². The monoisotopic (exact) mass is 262 g/mol. The molecule has 0 saturated carbocycles. The van der Waals surface area contributed by atoms with Crippen molar-refractivity contribution in [3.63, 3.8) is 0 Å². The van der Waals surface area contributed by atoms with Crippen LogP contribution in [0.25, 0.3) is 11.0 Å². The highest BCUT2D eigenvalue weighted by Gasteiger charge is 2.03. The summed E-state index contributed by atoms with van der Waals surface area (Å²) in [5.74, 6) is 0.677. The Morgan fingerprint density at radius 2 is 1.55 bits per heavy atom. The van der Waals surface area contributed by atoms with Gasteiger partial charge in [0.2, 0.25) is 0 Å². The number of anilines is 1. The molecule has 0 saturated heterocycles. The maximum atomic E-state index is 4.52. The number of fused-ring (bicyclic) bond motifs is 1. The van der Waals surface area contributed by atoms with Crippen LogP contribution in [-0.4, -0.2) is 16.2 Å². The third kappa shape index (κ3) is 2.64. The Bertz CT molecular complexity index is 751. The van der Waals surface area contributed by atoms with E-state index >= 15 is 0 Å². The number of benzene rings is 2. The maximum absolute atomic E-state index is 4.52. The van der Waals surface area contributed by atoms with Gasteiger partial charge in [0.15, 0.2) is 5.82 Å². The van der Waals surface area contributed by atoms with Crippen molar-refractivity contribution in [1.82, 2.24) is 9.97 Å². The van der Waals surface area contributed by atoms with Crippen molar-refractivity contribution in [3.8, 4) is 0 Å². The van der Waals surface area contributed by atoms with Crippen molar-refractivity contribution < 1.29 is 0 Å². The van der Waals surface area contributed by atoms with Crippen molar-refractivity contribution in [3.05, 3.63) is 65.9 Å². The first-order valence-electron chi connectivity index (χ1n) is 6.40. The molecule has 3 aromatic rings. The van der Waals surface area contributed by atoms with Gasteiger partial charge < -0.3 is 0 Å². The molecule has 0 radical (unpaired) electrons. The fraction of sp³-hybridized carbons (Fsp3) is 0.0625. The molecule has 0 spiro atoms. The lowest BCUT2D eigenvalue weighted by molar-refractivity contribution is 1.15. The van der Waals surface area contributed by atoms with Gasteiger partial charge in [-0.05, 0) is 24.6 Å². The molecule has 0 atom stereocenters. The lowest BCUT2D eigenvalue weighted by atomic mass is 10.2. The van der Waals surface area contributed by atoms with E-state index in [2.05, 4.69) is 20.5 Å². The molecule has 1 N–H and O–H groups in total. The highest BCUT2D eigenvalue weighted by molar-refractivity contribution is 5.80. The zero-order valence-corrected chi connectivity index (χ0v) is 11.1. The first-order valence-corrected chi connectivity index (χ1v) is 6.40. The Labute approximate surface area is 117 Å². The number of aromatic nitrogens is 2. The van der Waals surface area contributed by atoms with Crippen LogP contribution in [0.15, 0.2) is 59.7 Å². The van der Waals surface area contributed by atoms with Crippen LogP contribution in [0.5, 0.6) is 0 Å². The van der Waals surface area contributed by atoms with Crippen LogP contribution in [0.4, 0.5) is 5.82 Å². The van der Waals surface area contributed by atoms with Gasteiger partial charge in [0.1, 0.15) is 0 Å². The van der Waals surface area contributed by atoms with E-state index in [1.165, 1.54) is 0 Å². The molecular formula is C16H14N4. The fourth-order valence-corrected chi connectivity index (χ4v) is 1.90. The zero-order chi connectivity index (χ0) is 13.8. The molecule has 2 aromatic carbocycles. The number of para-hydroxylation sites is 2. The van der Waals surface area contributed by atoms with Crippen molar-refractivity contribution >= 4 is 23.1 Å². The summed E-state index contributed by atoms with van der Waals surface area (Å²) < 4.78 is 0. The number of aryl methyl sites for hydroxylation is 1. The summed E-state index contributed by atoms with van der Waals surface area (Å²) in [6, 6.07) is 17.7. The molecule has 98 valence electrons. The zero-order valence-electron chi connectivity index (χ0n) is 11.1. The van der Waals surface area contributed by atoms with Gasteiger partial charge in [-0.25, -0.2) is 9.97 Å². The van der Waals surface area contributed by atoms with Crippen LogP contribution >= 0.6 is 0 Å². The summed E-state index contributed by atoms with van der Waals surface area (Å²) in [5, 5.41) is 4.20. The lowest BCUT2D eigenvalue weighted by Crippen LogP contribution is -1.99. The SMILES string of the molecule is Cc1nc2ccccc2nc1N/N=C/c1ccccc1. The quantitative estimate of drug-likeness (QED) is 0.581. The third-order valence-corrected chi connectivity index (χ3v) is 2.93. The summed E-state index contributed by atoms with van der Waals surface area (Å²) in [4.78, 5) is 9.02. The minimum atomic E-state index is 0.677. The third-order valence-electron chi connectivity index (χ3n) is 2.93. The predicted molar refractivity (Wildman–Crippen MR) is 81.9 cm³/mol. The van der Waals surface area contributed by atoms with Gasteiger partial charge in [-0.2, -0.15) is 5.10 Å². The largest absolute Gasteiger partial charge is 0.260 e. The van der Waals surface area contributed by atoms with E-state index < -0.39 is 0 Å². The average Bonchev–Trinajstić information content (AvgIpc) is 2.49.